The lowest BCUT2D eigenvalue weighted by molar-refractivity contribution is -0.671. The molecule has 1 heterocycles. The number of unbranched alkanes of at least 4 members (excludes halogenated alkanes) is 24. The van der Waals surface area contributed by atoms with Crippen LogP contribution in [-0.4, -0.2) is 0 Å². The first-order chi connectivity index (χ1) is 21.8. The van der Waals surface area contributed by atoms with Crippen LogP contribution in [0.5, 0.6) is 0 Å². The van der Waals surface area contributed by atoms with Gasteiger partial charge in [0.1, 0.15) is 7.05 Å². The molecule has 1 rings (SSSR count). The third kappa shape index (κ3) is 27.0. The van der Waals surface area contributed by atoms with Crippen molar-refractivity contribution < 1.29 is 4.57 Å². The molecule has 0 aliphatic carbocycles. The van der Waals surface area contributed by atoms with Crippen molar-refractivity contribution in [3.05, 3.63) is 54.4 Å². The summed E-state index contributed by atoms with van der Waals surface area (Å²) in [7, 11) is 2.13. The van der Waals surface area contributed by atoms with Gasteiger partial charge in [-0.1, -0.05) is 167 Å². The van der Waals surface area contributed by atoms with Crippen LogP contribution in [0.4, 0.5) is 0 Å². The Morgan fingerprint density at radius 3 is 1.07 bits per heavy atom. The van der Waals surface area contributed by atoms with Crippen molar-refractivity contribution in [2.45, 2.75) is 212 Å². The quantitative estimate of drug-likeness (QED) is 0.0424. The summed E-state index contributed by atoms with van der Waals surface area (Å²) in [4.78, 5) is 0. The third-order valence-corrected chi connectivity index (χ3v) is 9.60. The summed E-state index contributed by atoms with van der Waals surface area (Å²) in [6, 6.07) is 4.76. The number of hydrogen-bond acceptors (Lipinski definition) is 0. The number of allylic oxidation sites excluding steroid dienone is 4. The Morgan fingerprint density at radius 2 is 0.727 bits per heavy atom. The molecule has 0 radical (unpaired) electrons. The van der Waals surface area contributed by atoms with Gasteiger partial charge in [0.25, 0.3) is 0 Å². The predicted molar refractivity (Wildman–Crippen MR) is 198 cm³/mol. The lowest BCUT2D eigenvalue weighted by Gasteiger charge is -2.17. The van der Waals surface area contributed by atoms with E-state index in [9.17, 15) is 0 Å². The number of pyridine rings is 1. The Labute approximate surface area is 277 Å². The normalized spacial score (nSPS) is 12.0. The van der Waals surface area contributed by atoms with E-state index in [0.717, 1.165) is 5.92 Å². The lowest BCUT2D eigenvalue weighted by atomic mass is 9.88. The molecule has 0 spiro atoms. The molecule has 0 fully saturated rings. The molecule has 0 bridgehead atoms. The molecule has 0 unspecified atom stereocenters. The molecule has 44 heavy (non-hydrogen) atoms. The highest BCUT2D eigenvalue weighted by Gasteiger charge is 2.12. The fraction of sp³-hybridized carbons (Fsp3) is 0.791. The van der Waals surface area contributed by atoms with Gasteiger partial charge in [-0.25, -0.2) is 4.57 Å². The third-order valence-electron chi connectivity index (χ3n) is 9.60. The first-order valence-electron chi connectivity index (χ1n) is 20.0. The van der Waals surface area contributed by atoms with Crippen LogP contribution in [0.3, 0.4) is 0 Å². The Hall–Kier alpha value is -1.37. The zero-order chi connectivity index (χ0) is 31.6. The van der Waals surface area contributed by atoms with Crippen LogP contribution in [-0.2, 0) is 7.05 Å². The van der Waals surface area contributed by atoms with Crippen molar-refractivity contribution in [2.24, 2.45) is 7.05 Å². The molecule has 0 saturated heterocycles. The van der Waals surface area contributed by atoms with Crippen LogP contribution in [0.15, 0.2) is 48.8 Å². The maximum absolute atomic E-state index is 2.45. The van der Waals surface area contributed by atoms with Gasteiger partial charge in [-0.2, -0.15) is 0 Å². The topological polar surface area (TPSA) is 3.88 Å². The highest BCUT2D eigenvalue weighted by atomic mass is 14.9. The van der Waals surface area contributed by atoms with E-state index in [2.05, 4.69) is 74.3 Å². The summed E-state index contributed by atoms with van der Waals surface area (Å²) in [6.07, 6.45) is 56.0. The van der Waals surface area contributed by atoms with Crippen LogP contribution in [0, 0.1) is 0 Å². The Morgan fingerprint density at radius 1 is 0.432 bits per heavy atom. The summed E-state index contributed by atoms with van der Waals surface area (Å²) in [5.74, 6) is 0.754. The molecule has 0 aromatic carbocycles. The highest BCUT2D eigenvalue weighted by molar-refractivity contribution is 5.13. The molecule has 0 aliphatic heterocycles. The van der Waals surface area contributed by atoms with Gasteiger partial charge >= 0.3 is 0 Å². The Kier molecular flexibility index (Phi) is 30.5. The molecule has 0 N–H and O–H groups in total. The largest absolute Gasteiger partial charge is 0.208 e. The van der Waals surface area contributed by atoms with Gasteiger partial charge in [0.2, 0.25) is 0 Å². The van der Waals surface area contributed by atoms with Gasteiger partial charge in [0, 0.05) is 12.1 Å². The number of hydrogen-bond donors (Lipinski definition) is 0. The molecule has 254 valence electrons. The van der Waals surface area contributed by atoms with E-state index in [1.54, 1.807) is 5.56 Å². The van der Waals surface area contributed by atoms with Gasteiger partial charge in [-0.05, 0) is 75.7 Å². The highest BCUT2D eigenvalue weighted by Crippen LogP contribution is 2.28. The zero-order valence-corrected chi connectivity index (χ0v) is 30.4. The number of rotatable bonds is 33. The summed E-state index contributed by atoms with van der Waals surface area (Å²) in [5, 5.41) is 0. The minimum absolute atomic E-state index is 0.754. The van der Waals surface area contributed by atoms with Gasteiger partial charge in [-0.15, -0.1) is 0 Å². The van der Waals surface area contributed by atoms with Gasteiger partial charge in [-0.3, -0.25) is 0 Å². The number of aromatic nitrogens is 1. The molecular formula is C43H78N+. The molecule has 1 aromatic heterocycles. The molecule has 0 saturated carbocycles. The van der Waals surface area contributed by atoms with E-state index in [0.29, 0.717) is 0 Å². The summed E-state index contributed by atoms with van der Waals surface area (Å²) >= 11 is 0. The zero-order valence-electron chi connectivity index (χ0n) is 30.4. The van der Waals surface area contributed by atoms with Crippen LogP contribution in [0.2, 0.25) is 0 Å². The van der Waals surface area contributed by atoms with E-state index >= 15 is 0 Å². The second-order valence-corrected chi connectivity index (χ2v) is 13.9. The van der Waals surface area contributed by atoms with Crippen molar-refractivity contribution in [3.63, 3.8) is 0 Å². The second kappa shape index (κ2) is 33.0. The summed E-state index contributed by atoms with van der Waals surface area (Å²) < 4.78 is 2.17. The van der Waals surface area contributed by atoms with Gasteiger partial charge in [0.15, 0.2) is 12.4 Å². The fourth-order valence-corrected chi connectivity index (χ4v) is 6.54. The molecule has 0 atom stereocenters. The monoisotopic (exact) mass is 609 g/mol. The van der Waals surface area contributed by atoms with Crippen LogP contribution < -0.4 is 4.57 Å². The van der Waals surface area contributed by atoms with E-state index in [-0.39, 0.29) is 0 Å². The summed E-state index contributed by atoms with van der Waals surface area (Å²) in [5.41, 5.74) is 1.57. The Bertz CT molecular complexity index is 703. The van der Waals surface area contributed by atoms with E-state index in [1.807, 2.05) is 0 Å². The molecule has 1 heteroatoms. The van der Waals surface area contributed by atoms with E-state index < -0.39 is 0 Å². The molecule has 0 amide bonds. The lowest BCUT2D eigenvalue weighted by Crippen LogP contribution is -2.26. The van der Waals surface area contributed by atoms with Crippen molar-refractivity contribution >= 4 is 0 Å². The number of aryl methyl sites for hydroxylation is 1. The molecular weight excluding hydrogens is 530 g/mol. The predicted octanol–water partition coefficient (Wildman–Crippen LogP) is 14.4. The minimum Gasteiger partial charge on any atom is -0.208 e. The first kappa shape index (κ1) is 40.7. The maximum atomic E-state index is 2.45. The van der Waals surface area contributed by atoms with Gasteiger partial charge in [0.05, 0.1) is 0 Å². The van der Waals surface area contributed by atoms with Crippen LogP contribution in [0.1, 0.15) is 218 Å². The maximum Gasteiger partial charge on any atom is 0.168 e. The van der Waals surface area contributed by atoms with Crippen molar-refractivity contribution in [1.82, 2.24) is 0 Å². The average molecular weight is 609 g/mol. The first-order valence-corrected chi connectivity index (χ1v) is 20.0. The van der Waals surface area contributed by atoms with E-state index in [4.69, 9.17) is 0 Å². The SMILES string of the molecule is CCCCCCCC/C=C\CCCCCCCCC(CCCCCCCC/C=C\CCCCCCCC)c1cc[n+](C)cc1. The molecule has 1 nitrogen and oxygen atoms in total. The Balaban J connectivity index is 2.06. The van der Waals surface area contributed by atoms with Crippen LogP contribution >= 0.6 is 0 Å². The smallest absolute Gasteiger partial charge is 0.168 e. The minimum atomic E-state index is 0.754. The van der Waals surface area contributed by atoms with E-state index in [1.165, 1.54) is 193 Å². The average Bonchev–Trinajstić information content (AvgIpc) is 3.03. The second-order valence-electron chi connectivity index (χ2n) is 13.9. The molecule has 1 aromatic rings. The summed E-state index contributed by atoms with van der Waals surface area (Å²) in [6.45, 7) is 4.60. The standard InChI is InChI=1S/C43H78N/c1-4-6-8-10-12-14-16-18-20-22-24-26-28-30-32-34-36-42(43-38-40-44(3)41-39-43)37-35-33-31-29-27-25-23-21-19-17-15-13-11-9-7-5-2/h18-21,38-42H,4-17,22-37H2,1-3H3/q+1/b20-18-,21-19-. The molecule has 0 aliphatic rings. The van der Waals surface area contributed by atoms with Crippen LogP contribution in [0.25, 0.3) is 0 Å². The van der Waals surface area contributed by atoms with Gasteiger partial charge < -0.3 is 0 Å². The van der Waals surface area contributed by atoms with Crippen molar-refractivity contribution in [2.75, 3.05) is 0 Å². The fourth-order valence-electron chi connectivity index (χ4n) is 6.54. The number of nitrogens with zero attached hydrogens (tertiary/aromatic N) is 1. The van der Waals surface area contributed by atoms with Crippen molar-refractivity contribution in [1.29, 1.82) is 0 Å². The van der Waals surface area contributed by atoms with Crippen molar-refractivity contribution in [3.8, 4) is 0 Å².